The molecule has 1 aromatic heterocycles. The van der Waals surface area contributed by atoms with Gasteiger partial charge in [0.1, 0.15) is 0 Å². The quantitative estimate of drug-likeness (QED) is 0.521. The summed E-state index contributed by atoms with van der Waals surface area (Å²) in [7, 11) is 0. The molecule has 1 rings (SSSR count). The maximum absolute atomic E-state index is 9.01. The molecule has 0 fully saturated rings. The first-order chi connectivity index (χ1) is 6.13. The van der Waals surface area contributed by atoms with Crippen LogP contribution in [-0.2, 0) is 0 Å². The fraction of sp³-hybridized carbons (Fsp3) is 0.714. The van der Waals surface area contributed by atoms with Gasteiger partial charge in [-0.3, -0.25) is 0 Å². The zero-order valence-corrected chi connectivity index (χ0v) is 7.78. The van der Waals surface area contributed by atoms with E-state index in [2.05, 4.69) is 20.5 Å². The monoisotopic (exact) mass is 185 g/mol. The second kappa shape index (κ2) is 4.08. The molecule has 0 spiro atoms. The first kappa shape index (κ1) is 9.79. The van der Waals surface area contributed by atoms with Crippen LogP contribution in [0.3, 0.4) is 0 Å². The molecule has 6 heteroatoms. The lowest BCUT2D eigenvalue weighted by Crippen LogP contribution is -2.29. The number of aromatic nitrogens is 3. The molecule has 1 atom stereocenters. The van der Waals surface area contributed by atoms with Crippen LogP contribution in [0.1, 0.15) is 13.8 Å². The van der Waals surface area contributed by atoms with Crippen LogP contribution in [0, 0.1) is 5.92 Å². The fourth-order valence-corrected chi connectivity index (χ4v) is 0.928. The molecule has 0 saturated carbocycles. The largest absolute Gasteiger partial charge is 0.394 e. The molecule has 0 aliphatic rings. The van der Waals surface area contributed by atoms with Crippen LogP contribution < -0.4 is 11.1 Å². The Morgan fingerprint density at radius 1 is 1.62 bits per heavy atom. The Morgan fingerprint density at radius 3 is 2.69 bits per heavy atom. The van der Waals surface area contributed by atoms with Crippen LogP contribution in [0.4, 0.5) is 11.9 Å². The number of nitrogen functional groups attached to an aromatic ring is 1. The van der Waals surface area contributed by atoms with Crippen LogP contribution in [0.25, 0.3) is 0 Å². The topological polar surface area (TPSA) is 99.8 Å². The standard InChI is InChI=1S/C7H15N5O/c1-4(2)5(3-13)9-7-10-6(8)11-12-7/h4-5,13H,3H2,1-2H3,(H4,8,9,10,11,12)/t5-/m1/s1. The molecule has 0 bridgehead atoms. The maximum Gasteiger partial charge on any atom is 0.243 e. The van der Waals surface area contributed by atoms with Crippen LogP contribution in [0.15, 0.2) is 0 Å². The summed E-state index contributed by atoms with van der Waals surface area (Å²) in [5.74, 6) is 0.998. The molecule has 1 heterocycles. The number of nitrogens with two attached hydrogens (primary N) is 1. The predicted molar refractivity (Wildman–Crippen MR) is 50.1 cm³/mol. The third-order valence-electron chi connectivity index (χ3n) is 1.82. The summed E-state index contributed by atoms with van der Waals surface area (Å²) in [6.07, 6.45) is 0. The molecular formula is C7H15N5O. The van der Waals surface area contributed by atoms with Gasteiger partial charge in [-0.1, -0.05) is 13.8 Å². The van der Waals surface area contributed by atoms with Crippen molar-refractivity contribution in [3.8, 4) is 0 Å². The smallest absolute Gasteiger partial charge is 0.243 e. The van der Waals surface area contributed by atoms with E-state index in [9.17, 15) is 0 Å². The second-order valence-electron chi connectivity index (χ2n) is 3.22. The number of hydrogen-bond acceptors (Lipinski definition) is 5. The molecule has 0 unspecified atom stereocenters. The summed E-state index contributed by atoms with van der Waals surface area (Å²) < 4.78 is 0. The normalized spacial score (nSPS) is 13.2. The van der Waals surface area contributed by atoms with Gasteiger partial charge in [0.15, 0.2) is 0 Å². The van der Waals surface area contributed by atoms with Gasteiger partial charge in [-0.15, -0.1) is 5.10 Å². The fourth-order valence-electron chi connectivity index (χ4n) is 0.928. The Hall–Kier alpha value is -1.30. The van der Waals surface area contributed by atoms with Gasteiger partial charge in [-0.2, -0.15) is 4.98 Å². The van der Waals surface area contributed by atoms with Gasteiger partial charge in [0.25, 0.3) is 0 Å². The zero-order chi connectivity index (χ0) is 9.84. The summed E-state index contributed by atoms with van der Waals surface area (Å²) in [4.78, 5) is 3.87. The number of aliphatic hydroxyl groups excluding tert-OH is 1. The average molecular weight is 185 g/mol. The summed E-state index contributed by atoms with van der Waals surface area (Å²) in [5.41, 5.74) is 5.34. The highest BCUT2D eigenvalue weighted by Crippen LogP contribution is 2.07. The second-order valence-corrected chi connectivity index (χ2v) is 3.22. The summed E-state index contributed by atoms with van der Waals surface area (Å²) in [6.45, 7) is 4.06. The number of aliphatic hydroxyl groups is 1. The summed E-state index contributed by atoms with van der Waals surface area (Å²) in [5, 5.41) is 18.3. The van der Waals surface area contributed by atoms with E-state index in [1.807, 2.05) is 13.8 Å². The SMILES string of the molecule is CC(C)[C@@H](CO)Nc1n[nH]c(N)n1. The van der Waals surface area contributed by atoms with Gasteiger partial charge in [0, 0.05) is 0 Å². The number of nitrogens with one attached hydrogen (secondary N) is 2. The molecule has 13 heavy (non-hydrogen) atoms. The number of rotatable bonds is 4. The minimum Gasteiger partial charge on any atom is -0.394 e. The summed E-state index contributed by atoms with van der Waals surface area (Å²) in [6, 6.07) is -0.0461. The van der Waals surface area contributed by atoms with Crippen LogP contribution in [0.2, 0.25) is 0 Å². The van der Waals surface area contributed by atoms with Crippen LogP contribution in [0.5, 0.6) is 0 Å². The summed E-state index contributed by atoms with van der Waals surface area (Å²) >= 11 is 0. The molecule has 74 valence electrons. The lowest BCUT2D eigenvalue weighted by Gasteiger charge is -2.18. The van der Waals surface area contributed by atoms with Crippen molar-refractivity contribution >= 4 is 11.9 Å². The highest BCUT2D eigenvalue weighted by atomic mass is 16.3. The first-order valence-corrected chi connectivity index (χ1v) is 4.18. The first-order valence-electron chi connectivity index (χ1n) is 4.18. The highest BCUT2D eigenvalue weighted by Gasteiger charge is 2.13. The Labute approximate surface area is 76.6 Å². The number of H-pyrrole nitrogens is 1. The van der Waals surface area contributed by atoms with Crippen molar-refractivity contribution in [2.75, 3.05) is 17.7 Å². The van der Waals surface area contributed by atoms with E-state index in [0.717, 1.165) is 0 Å². The molecule has 1 aromatic rings. The molecule has 0 aliphatic carbocycles. The lowest BCUT2D eigenvalue weighted by atomic mass is 10.1. The van der Waals surface area contributed by atoms with Crippen molar-refractivity contribution in [3.05, 3.63) is 0 Å². The van der Waals surface area contributed by atoms with Gasteiger partial charge >= 0.3 is 0 Å². The number of nitrogens with zero attached hydrogens (tertiary/aromatic N) is 2. The predicted octanol–water partition coefficient (Wildman–Crippen LogP) is -0.184. The van der Waals surface area contributed by atoms with E-state index in [1.165, 1.54) is 0 Å². The van der Waals surface area contributed by atoms with Crippen molar-refractivity contribution in [1.29, 1.82) is 0 Å². The Balaban J connectivity index is 2.56. The lowest BCUT2D eigenvalue weighted by molar-refractivity contribution is 0.248. The van der Waals surface area contributed by atoms with Gasteiger partial charge < -0.3 is 16.2 Å². The van der Waals surface area contributed by atoms with E-state index in [-0.39, 0.29) is 18.6 Å². The van der Waals surface area contributed by atoms with E-state index in [0.29, 0.717) is 11.9 Å². The van der Waals surface area contributed by atoms with Gasteiger partial charge in [0.2, 0.25) is 11.9 Å². The van der Waals surface area contributed by atoms with Crippen molar-refractivity contribution in [1.82, 2.24) is 15.2 Å². The highest BCUT2D eigenvalue weighted by molar-refractivity contribution is 5.31. The van der Waals surface area contributed by atoms with Gasteiger partial charge in [0.05, 0.1) is 12.6 Å². The minimum atomic E-state index is -0.0461. The van der Waals surface area contributed by atoms with Crippen molar-refractivity contribution in [3.63, 3.8) is 0 Å². The third-order valence-corrected chi connectivity index (χ3v) is 1.82. The van der Waals surface area contributed by atoms with Crippen molar-refractivity contribution in [2.24, 2.45) is 5.92 Å². The van der Waals surface area contributed by atoms with E-state index in [1.54, 1.807) is 0 Å². The number of hydrogen-bond donors (Lipinski definition) is 4. The molecule has 6 nitrogen and oxygen atoms in total. The Morgan fingerprint density at radius 2 is 2.31 bits per heavy atom. The Bertz CT molecular complexity index is 259. The average Bonchev–Trinajstić information content (AvgIpc) is 2.46. The van der Waals surface area contributed by atoms with E-state index < -0.39 is 0 Å². The number of anilines is 2. The maximum atomic E-state index is 9.01. The van der Waals surface area contributed by atoms with Gasteiger partial charge in [-0.25, -0.2) is 5.10 Å². The molecule has 0 aromatic carbocycles. The molecule has 0 amide bonds. The van der Waals surface area contributed by atoms with E-state index in [4.69, 9.17) is 10.8 Å². The van der Waals surface area contributed by atoms with Crippen molar-refractivity contribution < 1.29 is 5.11 Å². The molecule has 5 N–H and O–H groups in total. The van der Waals surface area contributed by atoms with E-state index >= 15 is 0 Å². The molecule has 0 saturated heterocycles. The third kappa shape index (κ3) is 2.59. The molecule has 0 radical (unpaired) electrons. The zero-order valence-electron chi connectivity index (χ0n) is 7.78. The van der Waals surface area contributed by atoms with Crippen LogP contribution in [-0.4, -0.2) is 32.9 Å². The minimum absolute atomic E-state index is 0.0461. The molecule has 0 aliphatic heterocycles. The Kier molecular flexibility index (Phi) is 3.07. The molecular weight excluding hydrogens is 170 g/mol. The van der Waals surface area contributed by atoms with Gasteiger partial charge in [-0.05, 0) is 5.92 Å². The van der Waals surface area contributed by atoms with Crippen LogP contribution >= 0.6 is 0 Å². The van der Waals surface area contributed by atoms with Crippen molar-refractivity contribution in [2.45, 2.75) is 19.9 Å². The number of aromatic amines is 1.